The molecule has 1 N–H and O–H groups in total. The zero-order chi connectivity index (χ0) is 14.5. The average Bonchev–Trinajstić information content (AvgIpc) is 2.73. The van der Waals surface area contributed by atoms with Crippen LogP contribution in [0.15, 0.2) is 28.7 Å². The molecule has 0 radical (unpaired) electrons. The number of hydrogen-bond donors (Lipinski definition) is 1. The number of halogens is 3. The van der Waals surface area contributed by atoms with Crippen molar-refractivity contribution in [2.45, 2.75) is 13.5 Å². The Balaban J connectivity index is 2.06. The van der Waals surface area contributed by atoms with Gasteiger partial charge in [0.2, 0.25) is 5.13 Å². The normalized spacial score (nSPS) is 11.2. The number of anilines is 1. The Morgan fingerprint density at radius 1 is 1.40 bits per heavy atom. The maximum Gasteiger partial charge on any atom is 0.387 e. The third-order valence-corrected chi connectivity index (χ3v) is 2.98. The van der Waals surface area contributed by atoms with Gasteiger partial charge in [0, 0.05) is 17.0 Å². The molecule has 0 spiro atoms. The summed E-state index contributed by atoms with van der Waals surface area (Å²) in [6.45, 7) is -1.16. The summed E-state index contributed by atoms with van der Waals surface area (Å²) in [5, 5.41) is 6.27. The fraction of sp³-hybridized carbons (Fsp3) is 0.167. The molecule has 0 aliphatic carbocycles. The lowest BCUT2D eigenvalue weighted by Gasteiger charge is -2.05. The van der Waals surface area contributed by atoms with Gasteiger partial charge in [0.25, 0.3) is 0 Å². The Kier molecular flexibility index (Phi) is 4.57. The highest BCUT2D eigenvalue weighted by molar-refractivity contribution is 7.13. The predicted molar refractivity (Wildman–Crippen MR) is 71.1 cm³/mol. The topological polar surface area (TPSA) is 46.5 Å². The van der Waals surface area contributed by atoms with Gasteiger partial charge in [-0.05, 0) is 19.1 Å². The van der Waals surface area contributed by atoms with E-state index in [1.165, 1.54) is 23.6 Å². The molecule has 0 saturated heterocycles. The van der Waals surface area contributed by atoms with E-state index in [1.54, 1.807) is 0 Å². The third kappa shape index (κ3) is 4.23. The Morgan fingerprint density at radius 2 is 2.20 bits per heavy atom. The quantitative estimate of drug-likeness (QED) is 0.677. The van der Waals surface area contributed by atoms with E-state index in [0.717, 1.165) is 17.8 Å². The molecule has 106 valence electrons. The van der Waals surface area contributed by atoms with Crippen LogP contribution in [0.1, 0.15) is 11.3 Å². The van der Waals surface area contributed by atoms with Crippen molar-refractivity contribution in [1.82, 2.24) is 4.98 Å². The van der Waals surface area contributed by atoms with Crippen molar-refractivity contribution in [3.63, 3.8) is 0 Å². The number of rotatable bonds is 5. The molecule has 1 aromatic carbocycles. The van der Waals surface area contributed by atoms with Crippen LogP contribution in [0.25, 0.3) is 0 Å². The summed E-state index contributed by atoms with van der Waals surface area (Å²) in [7, 11) is 0. The van der Waals surface area contributed by atoms with E-state index in [0.29, 0.717) is 10.7 Å². The maximum atomic E-state index is 13.2. The summed E-state index contributed by atoms with van der Waals surface area (Å²) in [4.78, 5) is 4.11. The van der Waals surface area contributed by atoms with E-state index in [9.17, 15) is 13.2 Å². The molecular weight excluding hydrogens is 291 g/mol. The number of alkyl halides is 2. The molecule has 1 heterocycles. The van der Waals surface area contributed by atoms with Gasteiger partial charge < -0.3 is 4.74 Å². The molecule has 20 heavy (non-hydrogen) atoms. The first-order valence-corrected chi connectivity index (χ1v) is 6.37. The molecule has 0 amide bonds. The van der Waals surface area contributed by atoms with Crippen LogP contribution < -0.4 is 10.2 Å². The number of thiazole rings is 1. The molecule has 0 aliphatic rings. The molecule has 0 unspecified atom stereocenters. The molecule has 0 saturated carbocycles. The van der Waals surface area contributed by atoms with E-state index in [-0.39, 0.29) is 5.75 Å². The van der Waals surface area contributed by atoms with Gasteiger partial charge in [-0.3, -0.25) is 5.43 Å². The Hall–Kier alpha value is -2.09. The molecule has 4 nitrogen and oxygen atoms in total. The minimum absolute atomic E-state index is 0.258. The lowest BCUT2D eigenvalue weighted by Crippen LogP contribution is -2.02. The zero-order valence-electron chi connectivity index (χ0n) is 10.3. The number of ether oxygens (including phenoxy) is 1. The van der Waals surface area contributed by atoms with Gasteiger partial charge in [-0.2, -0.15) is 13.9 Å². The molecule has 0 aliphatic heterocycles. The van der Waals surface area contributed by atoms with Crippen LogP contribution in [0.5, 0.6) is 5.75 Å². The fourth-order valence-electron chi connectivity index (χ4n) is 1.40. The Labute approximate surface area is 116 Å². The highest BCUT2D eigenvalue weighted by atomic mass is 32.1. The van der Waals surface area contributed by atoms with Gasteiger partial charge in [-0.15, -0.1) is 11.3 Å². The van der Waals surface area contributed by atoms with Crippen LogP contribution in [-0.2, 0) is 0 Å². The highest BCUT2D eigenvalue weighted by Crippen LogP contribution is 2.18. The SMILES string of the molecule is Cc1csc(NN=Cc2cc(F)cc(OC(F)F)c2)n1. The van der Waals surface area contributed by atoms with Crippen LogP contribution in [0.2, 0.25) is 0 Å². The number of nitrogens with zero attached hydrogens (tertiary/aromatic N) is 2. The van der Waals surface area contributed by atoms with E-state index in [1.807, 2.05) is 12.3 Å². The number of benzene rings is 1. The van der Waals surface area contributed by atoms with Crippen molar-refractivity contribution in [3.8, 4) is 5.75 Å². The number of hydrogen-bond acceptors (Lipinski definition) is 5. The largest absolute Gasteiger partial charge is 0.435 e. The molecule has 1 aromatic heterocycles. The van der Waals surface area contributed by atoms with Crippen molar-refractivity contribution in [2.24, 2.45) is 5.10 Å². The van der Waals surface area contributed by atoms with Gasteiger partial charge >= 0.3 is 6.61 Å². The summed E-state index contributed by atoms with van der Waals surface area (Å²) >= 11 is 1.37. The first-order chi connectivity index (χ1) is 9.52. The number of aryl methyl sites for hydroxylation is 1. The molecule has 8 heteroatoms. The second kappa shape index (κ2) is 6.38. The van der Waals surface area contributed by atoms with Crippen LogP contribution >= 0.6 is 11.3 Å². The standard InChI is InChI=1S/C12H10F3N3OS/c1-7-6-20-12(17-7)18-16-5-8-2-9(13)4-10(3-8)19-11(14)15/h2-6,11H,1H3,(H,17,18). The Morgan fingerprint density at radius 3 is 2.85 bits per heavy atom. The van der Waals surface area contributed by atoms with Crippen LogP contribution in [0, 0.1) is 12.7 Å². The van der Waals surface area contributed by atoms with Crippen molar-refractivity contribution in [1.29, 1.82) is 0 Å². The summed E-state index contributed by atoms with van der Waals surface area (Å²) < 4.78 is 41.5. The highest BCUT2D eigenvalue weighted by Gasteiger charge is 2.06. The second-order valence-corrected chi connectivity index (χ2v) is 4.62. The first kappa shape index (κ1) is 14.3. The van der Waals surface area contributed by atoms with E-state index < -0.39 is 12.4 Å². The molecule has 2 rings (SSSR count). The van der Waals surface area contributed by atoms with Gasteiger partial charge in [0.05, 0.1) is 11.9 Å². The smallest absolute Gasteiger partial charge is 0.387 e. The molecular formula is C12H10F3N3OS. The second-order valence-electron chi connectivity index (χ2n) is 3.76. The fourth-order valence-corrected chi connectivity index (χ4v) is 2.03. The van der Waals surface area contributed by atoms with Gasteiger partial charge in [0.1, 0.15) is 11.6 Å². The van der Waals surface area contributed by atoms with Crippen LogP contribution in [0.4, 0.5) is 18.3 Å². The number of aromatic nitrogens is 1. The van der Waals surface area contributed by atoms with Gasteiger partial charge in [-0.25, -0.2) is 9.37 Å². The first-order valence-electron chi connectivity index (χ1n) is 5.49. The third-order valence-electron chi connectivity index (χ3n) is 2.11. The van der Waals surface area contributed by atoms with Crippen LogP contribution in [0.3, 0.4) is 0 Å². The predicted octanol–water partition coefficient (Wildman–Crippen LogP) is 3.64. The number of nitrogens with one attached hydrogen (secondary N) is 1. The van der Waals surface area contributed by atoms with Crippen molar-refractivity contribution in [3.05, 3.63) is 40.7 Å². The summed E-state index contributed by atoms with van der Waals surface area (Å²) in [6.07, 6.45) is 1.29. The van der Waals surface area contributed by atoms with Gasteiger partial charge in [-0.1, -0.05) is 0 Å². The maximum absolute atomic E-state index is 13.2. The van der Waals surface area contributed by atoms with E-state index >= 15 is 0 Å². The average molecular weight is 301 g/mol. The molecule has 0 bridgehead atoms. The Bertz CT molecular complexity index is 616. The molecule has 0 atom stereocenters. The monoisotopic (exact) mass is 301 g/mol. The van der Waals surface area contributed by atoms with E-state index in [2.05, 4.69) is 20.2 Å². The van der Waals surface area contributed by atoms with Crippen LogP contribution in [-0.4, -0.2) is 17.8 Å². The van der Waals surface area contributed by atoms with Crippen molar-refractivity contribution < 1.29 is 17.9 Å². The molecule has 0 fully saturated rings. The lowest BCUT2D eigenvalue weighted by molar-refractivity contribution is -0.0499. The van der Waals surface area contributed by atoms with Crippen molar-refractivity contribution in [2.75, 3.05) is 5.43 Å². The summed E-state index contributed by atoms with van der Waals surface area (Å²) in [6, 6.07) is 3.28. The zero-order valence-corrected chi connectivity index (χ0v) is 11.1. The minimum Gasteiger partial charge on any atom is -0.435 e. The summed E-state index contributed by atoms with van der Waals surface area (Å²) in [5.74, 6) is -0.943. The lowest BCUT2D eigenvalue weighted by atomic mass is 10.2. The number of hydrazone groups is 1. The molecule has 2 aromatic rings. The van der Waals surface area contributed by atoms with E-state index in [4.69, 9.17) is 0 Å². The minimum atomic E-state index is -3.00. The van der Waals surface area contributed by atoms with Crippen molar-refractivity contribution >= 4 is 22.7 Å². The van der Waals surface area contributed by atoms with Gasteiger partial charge in [0.15, 0.2) is 0 Å². The summed E-state index contributed by atoms with van der Waals surface area (Å²) in [5.41, 5.74) is 3.80.